The number of methoxy groups -OCH3 is 1. The van der Waals surface area contributed by atoms with Crippen molar-refractivity contribution in [1.82, 2.24) is 4.90 Å². The van der Waals surface area contributed by atoms with Gasteiger partial charge >= 0.3 is 5.97 Å². The lowest BCUT2D eigenvalue weighted by Crippen LogP contribution is -2.38. The third kappa shape index (κ3) is 2.32. The van der Waals surface area contributed by atoms with Crippen LogP contribution in [0, 0.1) is 22.7 Å². The van der Waals surface area contributed by atoms with Gasteiger partial charge in [-0.05, 0) is 12.8 Å². The van der Waals surface area contributed by atoms with E-state index < -0.39 is 5.41 Å². The first kappa shape index (κ1) is 12.5. The summed E-state index contributed by atoms with van der Waals surface area (Å²) in [5.41, 5.74) is -0.815. The van der Waals surface area contributed by atoms with Gasteiger partial charge in [0.25, 0.3) is 0 Å². The van der Waals surface area contributed by atoms with E-state index in [1.807, 2.05) is 6.07 Å². The molecule has 0 heterocycles. The summed E-state index contributed by atoms with van der Waals surface area (Å²) >= 11 is 0. The molecule has 0 aromatic heterocycles. The molecule has 1 fully saturated rings. The number of hydrogen-bond donors (Lipinski definition) is 0. The Morgan fingerprint density at radius 2 is 2.12 bits per heavy atom. The molecule has 1 aliphatic rings. The monoisotopic (exact) mass is 224 g/mol. The van der Waals surface area contributed by atoms with Gasteiger partial charge in [-0.3, -0.25) is 9.59 Å². The largest absolute Gasteiger partial charge is 0.469 e. The molecule has 0 radical (unpaired) electrons. The summed E-state index contributed by atoms with van der Waals surface area (Å²) in [6.45, 7) is 1.98. The summed E-state index contributed by atoms with van der Waals surface area (Å²) in [6, 6.07) is 2.04. The van der Waals surface area contributed by atoms with Crippen LogP contribution in [0.4, 0.5) is 0 Å². The van der Waals surface area contributed by atoms with Crippen molar-refractivity contribution < 1.29 is 14.3 Å². The number of nitriles is 1. The van der Waals surface area contributed by atoms with Crippen molar-refractivity contribution in [2.75, 3.05) is 20.7 Å². The summed E-state index contributed by atoms with van der Waals surface area (Å²) in [4.78, 5) is 24.5. The summed E-state index contributed by atoms with van der Waals surface area (Å²) in [6.07, 6.45) is 1.25. The summed E-state index contributed by atoms with van der Waals surface area (Å²) in [7, 11) is 2.93. The van der Waals surface area contributed by atoms with E-state index in [0.717, 1.165) is 0 Å². The molecule has 1 saturated carbocycles. The Labute approximate surface area is 95.0 Å². The predicted molar refractivity (Wildman–Crippen MR) is 56.1 cm³/mol. The average Bonchev–Trinajstić information content (AvgIpc) is 3.07. The van der Waals surface area contributed by atoms with Gasteiger partial charge in [-0.25, -0.2) is 0 Å². The van der Waals surface area contributed by atoms with E-state index in [9.17, 15) is 9.59 Å². The molecule has 0 aromatic carbocycles. The Morgan fingerprint density at radius 3 is 2.50 bits per heavy atom. The maximum atomic E-state index is 11.9. The highest BCUT2D eigenvalue weighted by molar-refractivity contribution is 5.88. The molecule has 0 saturated heterocycles. The molecule has 1 unspecified atom stereocenters. The Morgan fingerprint density at radius 1 is 1.56 bits per heavy atom. The van der Waals surface area contributed by atoms with E-state index in [1.54, 1.807) is 14.0 Å². The minimum Gasteiger partial charge on any atom is -0.469 e. The first-order valence-electron chi connectivity index (χ1n) is 5.21. The van der Waals surface area contributed by atoms with Crippen LogP contribution in [0.5, 0.6) is 0 Å². The molecular weight excluding hydrogens is 208 g/mol. The third-order valence-electron chi connectivity index (χ3n) is 2.87. The van der Waals surface area contributed by atoms with E-state index in [2.05, 4.69) is 4.74 Å². The molecule has 0 N–H and O–H groups in total. The van der Waals surface area contributed by atoms with Crippen molar-refractivity contribution in [3.8, 4) is 6.07 Å². The Bertz CT molecular complexity index is 342. The molecule has 88 valence electrons. The predicted octanol–water partition coefficient (Wildman–Crippen LogP) is 0.558. The molecular formula is C11H16N2O3. The molecule has 0 spiro atoms. The second-order valence-electron chi connectivity index (χ2n) is 4.30. The van der Waals surface area contributed by atoms with Gasteiger partial charge < -0.3 is 9.64 Å². The van der Waals surface area contributed by atoms with Crippen molar-refractivity contribution in [3.05, 3.63) is 0 Å². The average molecular weight is 224 g/mol. The highest BCUT2D eigenvalue weighted by Gasteiger charge is 2.52. The standard InChI is InChI=1S/C11H16N2O3/c1-8(9(14)16-3)6-13(2)10(15)11(7-12)4-5-11/h8H,4-6H2,1-3H3. The van der Waals surface area contributed by atoms with Crippen molar-refractivity contribution in [1.29, 1.82) is 5.26 Å². The lowest BCUT2D eigenvalue weighted by Gasteiger charge is -2.22. The van der Waals surface area contributed by atoms with E-state index >= 15 is 0 Å². The third-order valence-corrected chi connectivity index (χ3v) is 2.87. The fourth-order valence-corrected chi connectivity index (χ4v) is 1.63. The maximum absolute atomic E-state index is 11.9. The second kappa shape index (κ2) is 4.52. The van der Waals surface area contributed by atoms with Crippen LogP contribution < -0.4 is 0 Å². The van der Waals surface area contributed by atoms with Crippen LogP contribution in [0.3, 0.4) is 0 Å². The summed E-state index contributed by atoms with van der Waals surface area (Å²) in [5.74, 6) is -0.902. The number of carbonyl (C=O) groups is 2. The quantitative estimate of drug-likeness (QED) is 0.654. The van der Waals surface area contributed by atoms with Crippen LogP contribution in [0.2, 0.25) is 0 Å². The van der Waals surface area contributed by atoms with Crippen molar-refractivity contribution in [2.24, 2.45) is 11.3 Å². The lowest BCUT2D eigenvalue weighted by molar-refractivity contribution is -0.146. The van der Waals surface area contributed by atoms with Crippen LogP contribution in [0.25, 0.3) is 0 Å². The van der Waals surface area contributed by atoms with Gasteiger partial charge in [0.05, 0.1) is 19.1 Å². The van der Waals surface area contributed by atoms with E-state index in [4.69, 9.17) is 5.26 Å². The molecule has 0 bridgehead atoms. The van der Waals surface area contributed by atoms with Crippen molar-refractivity contribution >= 4 is 11.9 Å². The van der Waals surface area contributed by atoms with Crippen LogP contribution >= 0.6 is 0 Å². The molecule has 5 nitrogen and oxygen atoms in total. The Balaban J connectivity index is 2.53. The zero-order valence-electron chi connectivity index (χ0n) is 9.82. The number of carbonyl (C=O) groups excluding carboxylic acids is 2. The highest BCUT2D eigenvalue weighted by atomic mass is 16.5. The first-order valence-corrected chi connectivity index (χ1v) is 5.21. The maximum Gasteiger partial charge on any atom is 0.310 e. The molecule has 16 heavy (non-hydrogen) atoms. The second-order valence-corrected chi connectivity index (χ2v) is 4.30. The van der Waals surface area contributed by atoms with Gasteiger partial charge in [0.2, 0.25) is 5.91 Å². The molecule has 1 aliphatic carbocycles. The fraction of sp³-hybridized carbons (Fsp3) is 0.727. The van der Waals surface area contributed by atoms with Crippen LogP contribution in [-0.2, 0) is 14.3 Å². The molecule has 1 amide bonds. The van der Waals surface area contributed by atoms with Gasteiger partial charge in [-0.15, -0.1) is 0 Å². The van der Waals surface area contributed by atoms with Crippen LogP contribution in [-0.4, -0.2) is 37.5 Å². The fourth-order valence-electron chi connectivity index (χ4n) is 1.63. The molecule has 1 rings (SSSR count). The molecule has 0 aliphatic heterocycles. The number of hydrogen-bond acceptors (Lipinski definition) is 4. The summed E-state index contributed by atoms with van der Waals surface area (Å²) < 4.78 is 4.58. The van der Waals surface area contributed by atoms with Gasteiger partial charge in [-0.1, -0.05) is 6.92 Å². The van der Waals surface area contributed by atoms with Crippen molar-refractivity contribution in [2.45, 2.75) is 19.8 Å². The minimum absolute atomic E-state index is 0.189. The van der Waals surface area contributed by atoms with Crippen LogP contribution in [0.1, 0.15) is 19.8 Å². The molecule has 0 aromatic rings. The number of nitrogens with zero attached hydrogens (tertiary/aromatic N) is 2. The number of ether oxygens (including phenoxy) is 1. The highest BCUT2D eigenvalue weighted by Crippen LogP contribution is 2.46. The van der Waals surface area contributed by atoms with Gasteiger partial charge in [0.15, 0.2) is 0 Å². The van der Waals surface area contributed by atoms with Crippen LogP contribution in [0.15, 0.2) is 0 Å². The zero-order chi connectivity index (χ0) is 12.3. The Hall–Kier alpha value is -1.57. The SMILES string of the molecule is COC(=O)C(C)CN(C)C(=O)C1(C#N)CC1. The number of amides is 1. The van der Waals surface area contributed by atoms with E-state index in [-0.39, 0.29) is 24.3 Å². The Kier molecular flexibility index (Phi) is 3.53. The smallest absolute Gasteiger partial charge is 0.310 e. The van der Waals surface area contributed by atoms with Gasteiger partial charge in [-0.2, -0.15) is 5.26 Å². The number of esters is 1. The van der Waals surface area contributed by atoms with E-state index in [1.165, 1.54) is 12.0 Å². The first-order chi connectivity index (χ1) is 7.46. The normalized spacial score (nSPS) is 18.1. The minimum atomic E-state index is -0.815. The molecule has 5 heteroatoms. The molecule has 1 atom stereocenters. The van der Waals surface area contributed by atoms with Gasteiger partial charge in [0.1, 0.15) is 5.41 Å². The van der Waals surface area contributed by atoms with Crippen molar-refractivity contribution in [3.63, 3.8) is 0 Å². The lowest BCUT2D eigenvalue weighted by atomic mass is 10.1. The van der Waals surface area contributed by atoms with E-state index in [0.29, 0.717) is 12.8 Å². The topological polar surface area (TPSA) is 70.4 Å². The number of rotatable bonds is 4. The van der Waals surface area contributed by atoms with Gasteiger partial charge in [0, 0.05) is 13.6 Å². The zero-order valence-corrected chi connectivity index (χ0v) is 9.82. The summed E-state index contributed by atoms with van der Waals surface area (Å²) in [5, 5.41) is 8.88.